The molecule has 4 rings (SSSR count). The number of amides is 1. The van der Waals surface area contributed by atoms with Crippen molar-refractivity contribution in [2.45, 2.75) is 13.3 Å². The van der Waals surface area contributed by atoms with E-state index < -0.39 is 0 Å². The first kappa shape index (κ1) is 14.7. The summed E-state index contributed by atoms with van der Waals surface area (Å²) in [6.45, 7) is 3.82. The van der Waals surface area contributed by atoms with Crippen molar-refractivity contribution in [2.24, 2.45) is 0 Å². The molecule has 1 aliphatic rings. The van der Waals surface area contributed by atoms with Gasteiger partial charge in [0, 0.05) is 30.8 Å². The minimum atomic E-state index is 0.0441. The molecule has 6 nitrogen and oxygen atoms in total. The van der Waals surface area contributed by atoms with E-state index in [0.717, 1.165) is 41.4 Å². The molecule has 2 aromatic heterocycles. The average Bonchev–Trinajstić information content (AvgIpc) is 2.83. The first-order valence-electron chi connectivity index (χ1n) is 8.15. The third-order valence-electron chi connectivity index (χ3n) is 4.19. The lowest BCUT2D eigenvalue weighted by Crippen LogP contribution is -2.34. The number of hydrogen-bond acceptors (Lipinski definition) is 4. The zero-order valence-electron chi connectivity index (χ0n) is 13.6. The number of benzene rings is 1. The smallest absolute Gasteiger partial charge is 0.239 e. The first-order chi connectivity index (χ1) is 11.7. The molecule has 0 saturated carbocycles. The van der Waals surface area contributed by atoms with Crippen molar-refractivity contribution < 1.29 is 4.79 Å². The van der Waals surface area contributed by atoms with Gasteiger partial charge in [0.25, 0.3) is 0 Å². The highest BCUT2D eigenvalue weighted by Crippen LogP contribution is 2.25. The number of rotatable bonds is 2. The van der Waals surface area contributed by atoms with Gasteiger partial charge in [0.1, 0.15) is 5.82 Å². The highest BCUT2D eigenvalue weighted by atomic mass is 16.2. The van der Waals surface area contributed by atoms with E-state index in [1.54, 1.807) is 0 Å². The van der Waals surface area contributed by atoms with Crippen LogP contribution in [0.3, 0.4) is 0 Å². The average molecular weight is 321 g/mol. The van der Waals surface area contributed by atoms with Gasteiger partial charge in [0.15, 0.2) is 5.65 Å². The van der Waals surface area contributed by atoms with E-state index in [0.29, 0.717) is 13.1 Å². The Morgan fingerprint density at radius 2 is 2.00 bits per heavy atom. The quantitative estimate of drug-likeness (QED) is 0.784. The number of carbonyl (C=O) groups is 1. The Morgan fingerprint density at radius 3 is 2.83 bits per heavy atom. The molecule has 6 heteroatoms. The SMILES string of the molecule is Cc1cc2nc(-c3ccccc3)cc(N3CCCNC(=O)C3)n2n1. The molecule has 1 aromatic carbocycles. The summed E-state index contributed by atoms with van der Waals surface area (Å²) < 4.78 is 1.83. The number of nitrogens with one attached hydrogen (secondary N) is 1. The van der Waals surface area contributed by atoms with Crippen LogP contribution < -0.4 is 10.2 Å². The second-order valence-corrected chi connectivity index (χ2v) is 6.05. The molecule has 1 aliphatic heterocycles. The van der Waals surface area contributed by atoms with Crippen molar-refractivity contribution in [3.63, 3.8) is 0 Å². The van der Waals surface area contributed by atoms with E-state index in [1.807, 2.05) is 53.9 Å². The number of anilines is 1. The van der Waals surface area contributed by atoms with Crippen LogP contribution in [0.5, 0.6) is 0 Å². The van der Waals surface area contributed by atoms with Crippen molar-refractivity contribution in [1.29, 1.82) is 0 Å². The monoisotopic (exact) mass is 321 g/mol. The van der Waals surface area contributed by atoms with Crippen molar-refractivity contribution in [3.8, 4) is 11.3 Å². The molecule has 3 aromatic rings. The largest absolute Gasteiger partial charge is 0.354 e. The number of nitrogens with zero attached hydrogens (tertiary/aromatic N) is 4. The lowest BCUT2D eigenvalue weighted by atomic mass is 10.1. The molecule has 0 radical (unpaired) electrons. The van der Waals surface area contributed by atoms with Crippen LogP contribution >= 0.6 is 0 Å². The number of fused-ring (bicyclic) bond motifs is 1. The summed E-state index contributed by atoms with van der Waals surface area (Å²) in [4.78, 5) is 18.8. The summed E-state index contributed by atoms with van der Waals surface area (Å²) in [5, 5.41) is 7.48. The van der Waals surface area contributed by atoms with Gasteiger partial charge in [-0.3, -0.25) is 4.79 Å². The van der Waals surface area contributed by atoms with Crippen LogP contribution in [0.2, 0.25) is 0 Å². The zero-order valence-corrected chi connectivity index (χ0v) is 13.6. The summed E-state index contributed by atoms with van der Waals surface area (Å²) in [6.07, 6.45) is 0.913. The summed E-state index contributed by atoms with van der Waals surface area (Å²) in [5.41, 5.74) is 3.66. The number of hydrogen-bond donors (Lipinski definition) is 1. The molecule has 1 fully saturated rings. The van der Waals surface area contributed by atoms with E-state index in [1.165, 1.54) is 0 Å². The van der Waals surface area contributed by atoms with E-state index >= 15 is 0 Å². The molecule has 0 unspecified atom stereocenters. The zero-order chi connectivity index (χ0) is 16.5. The normalized spacial score (nSPS) is 15.4. The van der Waals surface area contributed by atoms with E-state index in [9.17, 15) is 4.79 Å². The highest BCUT2D eigenvalue weighted by Gasteiger charge is 2.19. The molecule has 24 heavy (non-hydrogen) atoms. The fourth-order valence-corrected chi connectivity index (χ4v) is 3.06. The van der Waals surface area contributed by atoms with Gasteiger partial charge in [-0.25, -0.2) is 4.98 Å². The maximum Gasteiger partial charge on any atom is 0.239 e. The molecule has 1 saturated heterocycles. The molecule has 0 aliphatic carbocycles. The molecule has 0 spiro atoms. The predicted octanol–water partition coefficient (Wildman–Crippen LogP) is 2.03. The topological polar surface area (TPSA) is 62.5 Å². The molecule has 122 valence electrons. The highest BCUT2D eigenvalue weighted by molar-refractivity contribution is 5.82. The molecule has 1 amide bonds. The Labute approximate surface area is 140 Å². The minimum absolute atomic E-state index is 0.0441. The molecule has 3 heterocycles. The maximum absolute atomic E-state index is 12.0. The molecular weight excluding hydrogens is 302 g/mol. The Morgan fingerprint density at radius 1 is 1.17 bits per heavy atom. The standard InChI is InChI=1S/C18H19N5O/c1-13-10-16-20-15(14-6-3-2-4-7-14)11-18(23(16)21-13)22-9-5-8-19-17(24)12-22/h2-4,6-7,10-11H,5,8-9,12H2,1H3,(H,19,24). The number of carbonyl (C=O) groups excluding carboxylic acids is 1. The molecule has 0 bridgehead atoms. The van der Waals surface area contributed by atoms with Crippen LogP contribution in [0.4, 0.5) is 5.82 Å². The minimum Gasteiger partial charge on any atom is -0.354 e. The van der Waals surface area contributed by atoms with Crippen LogP contribution in [-0.2, 0) is 4.79 Å². The summed E-state index contributed by atoms with van der Waals surface area (Å²) in [7, 11) is 0. The molecule has 1 N–H and O–H groups in total. The summed E-state index contributed by atoms with van der Waals surface area (Å²) in [6, 6.07) is 14.1. The third-order valence-corrected chi connectivity index (χ3v) is 4.19. The van der Waals surface area contributed by atoms with Gasteiger partial charge in [-0.1, -0.05) is 30.3 Å². The second kappa shape index (κ2) is 5.96. The van der Waals surface area contributed by atoms with Crippen LogP contribution in [0, 0.1) is 6.92 Å². The number of aryl methyl sites for hydroxylation is 1. The van der Waals surface area contributed by atoms with Crippen molar-refractivity contribution in [2.75, 3.05) is 24.5 Å². The van der Waals surface area contributed by atoms with Crippen LogP contribution in [0.25, 0.3) is 16.9 Å². The predicted molar refractivity (Wildman–Crippen MR) is 93.0 cm³/mol. The Hall–Kier alpha value is -2.89. The van der Waals surface area contributed by atoms with E-state index in [4.69, 9.17) is 4.98 Å². The van der Waals surface area contributed by atoms with Crippen molar-refractivity contribution in [3.05, 3.63) is 48.2 Å². The molecular formula is C18H19N5O. The van der Waals surface area contributed by atoms with Crippen molar-refractivity contribution >= 4 is 17.4 Å². The van der Waals surface area contributed by atoms with Crippen LogP contribution in [0.1, 0.15) is 12.1 Å². The van der Waals surface area contributed by atoms with Crippen LogP contribution in [-0.4, -0.2) is 40.1 Å². The maximum atomic E-state index is 12.0. The lowest BCUT2D eigenvalue weighted by molar-refractivity contribution is -0.119. The second-order valence-electron chi connectivity index (χ2n) is 6.05. The summed E-state index contributed by atoms with van der Waals surface area (Å²) in [5.74, 6) is 0.951. The van der Waals surface area contributed by atoms with E-state index in [-0.39, 0.29) is 5.91 Å². The van der Waals surface area contributed by atoms with Gasteiger partial charge >= 0.3 is 0 Å². The van der Waals surface area contributed by atoms with Gasteiger partial charge in [0.2, 0.25) is 5.91 Å². The third kappa shape index (κ3) is 2.71. The molecule has 0 atom stereocenters. The number of aromatic nitrogens is 3. The summed E-state index contributed by atoms with van der Waals surface area (Å²) >= 11 is 0. The Bertz CT molecular complexity index is 887. The van der Waals surface area contributed by atoms with Gasteiger partial charge in [0.05, 0.1) is 17.9 Å². The van der Waals surface area contributed by atoms with E-state index in [2.05, 4.69) is 15.3 Å². The van der Waals surface area contributed by atoms with Gasteiger partial charge in [-0.05, 0) is 13.3 Å². The van der Waals surface area contributed by atoms with Gasteiger partial charge < -0.3 is 10.2 Å². The Balaban J connectivity index is 1.87. The van der Waals surface area contributed by atoms with Crippen molar-refractivity contribution in [1.82, 2.24) is 19.9 Å². The fourth-order valence-electron chi connectivity index (χ4n) is 3.06. The first-order valence-corrected chi connectivity index (χ1v) is 8.15. The Kier molecular flexibility index (Phi) is 3.65. The lowest BCUT2D eigenvalue weighted by Gasteiger charge is -2.22. The van der Waals surface area contributed by atoms with Gasteiger partial charge in [-0.2, -0.15) is 9.61 Å². The fraction of sp³-hybridized carbons (Fsp3) is 0.278. The van der Waals surface area contributed by atoms with Gasteiger partial charge in [-0.15, -0.1) is 0 Å². The van der Waals surface area contributed by atoms with Crippen LogP contribution in [0.15, 0.2) is 42.5 Å².